The molecule has 0 aromatic heterocycles. The molecule has 35 heavy (non-hydrogen) atoms. The van der Waals surface area contributed by atoms with Crippen molar-refractivity contribution in [1.82, 2.24) is 0 Å². The van der Waals surface area contributed by atoms with E-state index in [1.807, 2.05) is 13.0 Å². The second-order valence-electron chi connectivity index (χ2n) is 8.07. The Kier molecular flexibility index (Phi) is 6.57. The van der Waals surface area contributed by atoms with Gasteiger partial charge in [-0.05, 0) is 67.4 Å². The minimum atomic E-state index is -3.81. The fourth-order valence-corrected chi connectivity index (χ4v) is 5.01. The van der Waals surface area contributed by atoms with Gasteiger partial charge in [-0.1, -0.05) is 24.3 Å². The molecule has 0 atom stereocenters. The van der Waals surface area contributed by atoms with Gasteiger partial charge in [-0.15, -0.1) is 0 Å². The summed E-state index contributed by atoms with van der Waals surface area (Å²) in [4.78, 5) is 38.4. The van der Waals surface area contributed by atoms with Crippen LogP contribution in [0.1, 0.15) is 21.5 Å². The zero-order valence-electron chi connectivity index (χ0n) is 19.1. The number of esters is 1. The first-order valence-electron chi connectivity index (χ1n) is 10.7. The number of carbonyl (C=O) groups is 3. The van der Waals surface area contributed by atoms with Crippen molar-refractivity contribution >= 4 is 44.9 Å². The minimum Gasteiger partial charge on any atom is -0.452 e. The number of amides is 2. The molecule has 0 spiro atoms. The van der Waals surface area contributed by atoms with E-state index in [1.54, 1.807) is 43.3 Å². The number of benzene rings is 3. The van der Waals surface area contributed by atoms with Crippen molar-refractivity contribution in [2.45, 2.75) is 18.7 Å². The molecular weight excluding hydrogens is 470 g/mol. The molecule has 180 valence electrons. The number of nitrogens with one attached hydrogen (secondary N) is 2. The first-order valence-corrected chi connectivity index (χ1v) is 12.2. The number of anilines is 3. The Labute approximate surface area is 202 Å². The summed E-state index contributed by atoms with van der Waals surface area (Å²) in [5, 5.41) is 2.68. The third kappa shape index (κ3) is 5.33. The molecule has 1 heterocycles. The van der Waals surface area contributed by atoms with Crippen LogP contribution in [0, 0.1) is 13.8 Å². The van der Waals surface area contributed by atoms with E-state index in [-0.39, 0.29) is 28.6 Å². The molecule has 2 N–H and O–H groups in total. The van der Waals surface area contributed by atoms with Crippen molar-refractivity contribution in [3.8, 4) is 0 Å². The van der Waals surface area contributed by atoms with Gasteiger partial charge in [0.1, 0.15) is 6.54 Å². The van der Waals surface area contributed by atoms with Crippen molar-refractivity contribution in [2.24, 2.45) is 0 Å². The molecule has 0 unspecified atom stereocenters. The normalized spacial score (nSPS) is 13.0. The molecule has 0 radical (unpaired) electrons. The summed E-state index contributed by atoms with van der Waals surface area (Å²) in [7, 11) is -3.81. The average Bonchev–Trinajstić information content (AvgIpc) is 2.83. The number of hydrogen-bond donors (Lipinski definition) is 2. The highest BCUT2D eigenvalue weighted by Crippen LogP contribution is 2.29. The molecule has 2 amide bonds. The van der Waals surface area contributed by atoms with E-state index in [0.717, 1.165) is 5.56 Å². The van der Waals surface area contributed by atoms with Gasteiger partial charge in [-0.25, -0.2) is 13.2 Å². The standard InChI is InChI=1S/C25H23N3O6S/c1-16-7-8-17(2)22(13-16)35(32,33)27-19-11-9-18(10-12-19)25(31)34-15-24(30)28-14-23(29)26-20-5-3-4-6-21(20)28/h3-13,27H,14-15H2,1-2H3,(H,26,29). The summed E-state index contributed by atoms with van der Waals surface area (Å²) in [6, 6.07) is 17.7. The lowest BCUT2D eigenvalue weighted by molar-refractivity contribution is -0.124. The maximum absolute atomic E-state index is 12.8. The van der Waals surface area contributed by atoms with Gasteiger partial charge in [0.2, 0.25) is 5.91 Å². The van der Waals surface area contributed by atoms with Crippen LogP contribution >= 0.6 is 0 Å². The minimum absolute atomic E-state index is 0.143. The van der Waals surface area contributed by atoms with Crippen LogP contribution in [0.2, 0.25) is 0 Å². The number of ether oxygens (including phenoxy) is 1. The Morgan fingerprint density at radius 2 is 1.74 bits per heavy atom. The van der Waals surface area contributed by atoms with Crippen molar-refractivity contribution in [1.29, 1.82) is 0 Å². The van der Waals surface area contributed by atoms with Crippen LogP contribution in [0.5, 0.6) is 0 Å². The third-order valence-electron chi connectivity index (χ3n) is 5.40. The molecule has 1 aliphatic heterocycles. The Hall–Kier alpha value is -4.18. The maximum Gasteiger partial charge on any atom is 0.338 e. The molecule has 1 aliphatic rings. The molecular formula is C25H23N3O6S. The lowest BCUT2D eigenvalue weighted by atomic mass is 10.2. The number of hydrogen-bond acceptors (Lipinski definition) is 6. The lowest BCUT2D eigenvalue weighted by Crippen LogP contribution is -2.44. The first-order chi connectivity index (χ1) is 16.6. The summed E-state index contributed by atoms with van der Waals surface area (Å²) in [6.07, 6.45) is 0. The Bertz CT molecular complexity index is 1420. The van der Waals surface area contributed by atoms with E-state index < -0.39 is 28.5 Å². The maximum atomic E-state index is 12.8. The second kappa shape index (κ2) is 9.59. The van der Waals surface area contributed by atoms with Crippen molar-refractivity contribution < 1.29 is 27.5 Å². The molecule has 0 aliphatic carbocycles. The van der Waals surface area contributed by atoms with Gasteiger partial charge >= 0.3 is 5.97 Å². The third-order valence-corrected chi connectivity index (χ3v) is 6.93. The molecule has 0 saturated carbocycles. The predicted molar refractivity (Wildman–Crippen MR) is 131 cm³/mol. The Balaban J connectivity index is 1.39. The number of rotatable bonds is 6. The van der Waals surface area contributed by atoms with Crippen LogP contribution in [-0.2, 0) is 24.3 Å². The van der Waals surface area contributed by atoms with E-state index in [1.165, 1.54) is 29.2 Å². The van der Waals surface area contributed by atoms with Crippen molar-refractivity contribution in [3.05, 3.63) is 83.4 Å². The predicted octanol–water partition coefficient (Wildman–Crippen LogP) is 3.25. The van der Waals surface area contributed by atoms with Gasteiger partial charge in [-0.3, -0.25) is 19.2 Å². The fourth-order valence-electron chi connectivity index (χ4n) is 3.63. The van der Waals surface area contributed by atoms with E-state index >= 15 is 0 Å². The molecule has 0 saturated heterocycles. The Morgan fingerprint density at radius 3 is 2.49 bits per heavy atom. The largest absolute Gasteiger partial charge is 0.452 e. The van der Waals surface area contributed by atoms with Crippen LogP contribution in [0.3, 0.4) is 0 Å². The van der Waals surface area contributed by atoms with Gasteiger partial charge < -0.3 is 10.1 Å². The number of aryl methyl sites for hydroxylation is 2. The monoisotopic (exact) mass is 493 g/mol. The first kappa shape index (κ1) is 24.0. The highest BCUT2D eigenvalue weighted by atomic mass is 32.2. The molecule has 0 fully saturated rings. The van der Waals surface area contributed by atoms with E-state index in [2.05, 4.69) is 10.0 Å². The summed E-state index contributed by atoms with van der Waals surface area (Å²) in [5.74, 6) is -1.64. The fraction of sp³-hybridized carbons (Fsp3) is 0.160. The molecule has 4 rings (SSSR count). The zero-order chi connectivity index (χ0) is 25.2. The zero-order valence-corrected chi connectivity index (χ0v) is 19.9. The van der Waals surface area contributed by atoms with Crippen LogP contribution in [-0.4, -0.2) is 39.4 Å². The van der Waals surface area contributed by atoms with Gasteiger partial charge in [0.15, 0.2) is 6.61 Å². The molecule has 3 aromatic carbocycles. The number of carbonyl (C=O) groups excluding carboxylic acids is 3. The van der Waals surface area contributed by atoms with Gasteiger partial charge in [0, 0.05) is 5.69 Å². The number of nitrogens with zero attached hydrogens (tertiary/aromatic N) is 1. The topological polar surface area (TPSA) is 122 Å². The summed E-state index contributed by atoms with van der Waals surface area (Å²) >= 11 is 0. The smallest absolute Gasteiger partial charge is 0.338 e. The number of para-hydroxylation sites is 2. The lowest BCUT2D eigenvalue weighted by Gasteiger charge is -2.28. The van der Waals surface area contributed by atoms with Gasteiger partial charge in [0.25, 0.3) is 15.9 Å². The van der Waals surface area contributed by atoms with Gasteiger partial charge in [0.05, 0.1) is 21.8 Å². The number of sulfonamides is 1. The SMILES string of the molecule is Cc1ccc(C)c(S(=O)(=O)Nc2ccc(C(=O)OCC(=O)N3CC(=O)Nc4ccccc43)cc2)c1. The van der Waals surface area contributed by atoms with Crippen LogP contribution in [0.4, 0.5) is 17.1 Å². The van der Waals surface area contributed by atoms with Crippen LogP contribution < -0.4 is 14.9 Å². The highest BCUT2D eigenvalue weighted by molar-refractivity contribution is 7.92. The molecule has 9 nitrogen and oxygen atoms in total. The van der Waals surface area contributed by atoms with Crippen LogP contribution in [0.15, 0.2) is 71.6 Å². The van der Waals surface area contributed by atoms with E-state index in [4.69, 9.17) is 4.74 Å². The summed E-state index contributed by atoms with van der Waals surface area (Å²) in [6.45, 7) is 2.79. The van der Waals surface area contributed by atoms with E-state index in [0.29, 0.717) is 16.9 Å². The number of fused-ring (bicyclic) bond motifs is 1. The molecule has 0 bridgehead atoms. The Morgan fingerprint density at radius 1 is 1.03 bits per heavy atom. The van der Waals surface area contributed by atoms with Crippen LogP contribution in [0.25, 0.3) is 0 Å². The molecule has 3 aromatic rings. The average molecular weight is 494 g/mol. The summed E-state index contributed by atoms with van der Waals surface area (Å²) < 4.78 is 33.1. The summed E-state index contributed by atoms with van der Waals surface area (Å²) in [5.41, 5.74) is 2.87. The van der Waals surface area contributed by atoms with Crippen molar-refractivity contribution in [3.63, 3.8) is 0 Å². The quantitative estimate of drug-likeness (QED) is 0.509. The van der Waals surface area contributed by atoms with Crippen molar-refractivity contribution in [2.75, 3.05) is 28.1 Å². The molecule has 10 heteroatoms. The van der Waals surface area contributed by atoms with E-state index in [9.17, 15) is 22.8 Å². The highest BCUT2D eigenvalue weighted by Gasteiger charge is 2.27. The van der Waals surface area contributed by atoms with Gasteiger partial charge in [-0.2, -0.15) is 0 Å². The second-order valence-corrected chi connectivity index (χ2v) is 9.72.